The number of carbonyl (C=O) groups is 1. The lowest BCUT2D eigenvalue weighted by atomic mass is 9.97. The van der Waals surface area contributed by atoms with Gasteiger partial charge in [-0.05, 0) is 30.9 Å². The van der Waals surface area contributed by atoms with Gasteiger partial charge < -0.3 is 14.4 Å². The van der Waals surface area contributed by atoms with Crippen molar-refractivity contribution in [1.29, 1.82) is 0 Å². The Morgan fingerprint density at radius 1 is 1.18 bits per heavy atom. The van der Waals surface area contributed by atoms with Crippen molar-refractivity contribution < 1.29 is 27.4 Å². The third-order valence-electron chi connectivity index (χ3n) is 4.58. The summed E-state index contributed by atoms with van der Waals surface area (Å²) in [6.45, 7) is 1.37. The average molecular weight is 395 g/mol. The van der Waals surface area contributed by atoms with Gasteiger partial charge in [0.05, 0.1) is 19.3 Å². The van der Waals surface area contributed by atoms with Crippen LogP contribution < -0.4 is 9.47 Å². The second-order valence-corrected chi connectivity index (χ2v) is 6.49. The van der Waals surface area contributed by atoms with E-state index < -0.39 is 11.9 Å². The highest BCUT2D eigenvalue weighted by Gasteiger charge is 2.32. The summed E-state index contributed by atoms with van der Waals surface area (Å²) in [5.74, 6) is 0.441. The molecule has 2 aromatic heterocycles. The van der Waals surface area contributed by atoms with E-state index in [1.54, 1.807) is 17.0 Å². The molecule has 0 N–H and O–H groups in total. The molecule has 1 aliphatic rings. The van der Waals surface area contributed by atoms with Crippen molar-refractivity contribution >= 4 is 5.91 Å². The standard InChI is InChI=1S/C19H20F3N3O3/c1-27-16-6-5-14(11-23-16)18(26)25-9-7-13(8-10-25)12-28-17-4-2-3-15(24-17)19(20,21)22/h2-6,11,13H,7-10,12H2,1H3. The molecule has 0 atom stereocenters. The summed E-state index contributed by atoms with van der Waals surface area (Å²) >= 11 is 0. The molecule has 0 spiro atoms. The second kappa shape index (κ2) is 8.45. The Morgan fingerprint density at radius 2 is 1.93 bits per heavy atom. The highest BCUT2D eigenvalue weighted by Crippen LogP contribution is 2.29. The monoisotopic (exact) mass is 395 g/mol. The van der Waals surface area contributed by atoms with Crippen LogP contribution >= 0.6 is 0 Å². The van der Waals surface area contributed by atoms with Crippen LogP contribution in [-0.4, -0.2) is 47.6 Å². The van der Waals surface area contributed by atoms with Crippen LogP contribution in [0.15, 0.2) is 36.5 Å². The minimum atomic E-state index is -4.50. The first-order chi connectivity index (χ1) is 13.4. The topological polar surface area (TPSA) is 64.5 Å². The first-order valence-corrected chi connectivity index (χ1v) is 8.83. The third-order valence-corrected chi connectivity index (χ3v) is 4.58. The minimum Gasteiger partial charge on any atom is -0.481 e. The molecule has 3 rings (SSSR count). The molecule has 150 valence electrons. The van der Waals surface area contributed by atoms with Crippen molar-refractivity contribution in [2.24, 2.45) is 5.92 Å². The van der Waals surface area contributed by atoms with Gasteiger partial charge in [0, 0.05) is 31.4 Å². The smallest absolute Gasteiger partial charge is 0.433 e. The van der Waals surface area contributed by atoms with Crippen LogP contribution in [0, 0.1) is 5.92 Å². The molecule has 0 radical (unpaired) electrons. The number of rotatable bonds is 5. The number of piperidine rings is 1. The zero-order valence-corrected chi connectivity index (χ0v) is 15.3. The van der Waals surface area contributed by atoms with Crippen LogP contribution in [0.25, 0.3) is 0 Å². The quantitative estimate of drug-likeness (QED) is 0.776. The molecule has 0 saturated carbocycles. The number of carbonyl (C=O) groups excluding carboxylic acids is 1. The van der Waals surface area contributed by atoms with Crippen molar-refractivity contribution in [2.45, 2.75) is 19.0 Å². The van der Waals surface area contributed by atoms with Crippen molar-refractivity contribution in [3.63, 3.8) is 0 Å². The van der Waals surface area contributed by atoms with Crippen LogP contribution in [0.3, 0.4) is 0 Å². The molecule has 6 nitrogen and oxygen atoms in total. The summed E-state index contributed by atoms with van der Waals surface area (Å²) < 4.78 is 48.5. The van der Waals surface area contributed by atoms with E-state index in [2.05, 4.69) is 9.97 Å². The molecule has 1 fully saturated rings. The van der Waals surface area contributed by atoms with Crippen molar-refractivity contribution in [3.8, 4) is 11.8 Å². The summed E-state index contributed by atoms with van der Waals surface area (Å²) in [6, 6.07) is 6.89. The Hall–Kier alpha value is -2.84. The van der Waals surface area contributed by atoms with Gasteiger partial charge in [0.1, 0.15) is 5.69 Å². The number of ether oxygens (including phenoxy) is 2. The number of aromatic nitrogens is 2. The Morgan fingerprint density at radius 3 is 2.54 bits per heavy atom. The molecule has 3 heterocycles. The molecule has 2 aromatic rings. The van der Waals surface area contributed by atoms with Gasteiger partial charge in [0.25, 0.3) is 5.91 Å². The summed E-state index contributed by atoms with van der Waals surface area (Å²) in [4.78, 5) is 21.8. The molecule has 1 saturated heterocycles. The lowest BCUT2D eigenvalue weighted by molar-refractivity contribution is -0.141. The van der Waals surface area contributed by atoms with E-state index in [9.17, 15) is 18.0 Å². The normalized spacial score (nSPS) is 15.4. The van der Waals surface area contributed by atoms with E-state index in [1.807, 2.05) is 0 Å². The Kier molecular flexibility index (Phi) is 6.01. The second-order valence-electron chi connectivity index (χ2n) is 6.49. The molecule has 0 aliphatic carbocycles. The van der Waals surface area contributed by atoms with E-state index in [-0.39, 0.29) is 24.3 Å². The van der Waals surface area contributed by atoms with Gasteiger partial charge in [0.15, 0.2) is 0 Å². The fourth-order valence-corrected chi connectivity index (χ4v) is 2.97. The number of pyridine rings is 2. The van der Waals surface area contributed by atoms with Gasteiger partial charge >= 0.3 is 6.18 Å². The zero-order valence-electron chi connectivity index (χ0n) is 15.3. The molecule has 0 bridgehead atoms. The molecule has 1 amide bonds. The largest absolute Gasteiger partial charge is 0.481 e. The van der Waals surface area contributed by atoms with E-state index in [0.29, 0.717) is 37.4 Å². The highest BCUT2D eigenvalue weighted by molar-refractivity contribution is 5.94. The Balaban J connectivity index is 1.49. The maximum Gasteiger partial charge on any atom is 0.433 e. The minimum absolute atomic E-state index is 0.0439. The average Bonchev–Trinajstić information content (AvgIpc) is 2.72. The van der Waals surface area contributed by atoms with Crippen molar-refractivity contribution in [3.05, 3.63) is 47.8 Å². The molecule has 0 unspecified atom stereocenters. The first-order valence-electron chi connectivity index (χ1n) is 8.83. The van der Waals surface area contributed by atoms with E-state index >= 15 is 0 Å². The van der Waals surface area contributed by atoms with E-state index in [1.165, 1.54) is 25.4 Å². The fraction of sp³-hybridized carbons (Fsp3) is 0.421. The SMILES string of the molecule is COc1ccc(C(=O)N2CCC(COc3cccc(C(F)(F)F)n3)CC2)cn1. The van der Waals surface area contributed by atoms with Crippen LogP contribution in [0.5, 0.6) is 11.8 Å². The lowest BCUT2D eigenvalue weighted by Gasteiger charge is -2.31. The van der Waals surface area contributed by atoms with Gasteiger partial charge in [-0.3, -0.25) is 4.79 Å². The number of hydrogen-bond donors (Lipinski definition) is 0. The van der Waals surface area contributed by atoms with Gasteiger partial charge in [-0.2, -0.15) is 13.2 Å². The maximum absolute atomic E-state index is 12.7. The molecule has 0 aromatic carbocycles. The number of halogens is 3. The third kappa shape index (κ3) is 4.90. The number of likely N-dealkylation sites (tertiary alicyclic amines) is 1. The fourth-order valence-electron chi connectivity index (χ4n) is 2.97. The van der Waals surface area contributed by atoms with Crippen molar-refractivity contribution in [2.75, 3.05) is 26.8 Å². The number of alkyl halides is 3. The zero-order chi connectivity index (χ0) is 20.1. The van der Waals surface area contributed by atoms with Crippen molar-refractivity contribution in [1.82, 2.24) is 14.9 Å². The lowest BCUT2D eigenvalue weighted by Crippen LogP contribution is -2.39. The number of amides is 1. The van der Waals surface area contributed by atoms with E-state index in [4.69, 9.17) is 9.47 Å². The van der Waals surface area contributed by atoms with Crippen LogP contribution in [0.1, 0.15) is 28.9 Å². The molecular weight excluding hydrogens is 375 g/mol. The molecule has 1 aliphatic heterocycles. The van der Waals surface area contributed by atoms with Gasteiger partial charge in [-0.1, -0.05) is 6.07 Å². The first kappa shape index (κ1) is 19.9. The summed E-state index contributed by atoms with van der Waals surface area (Å²) in [5.41, 5.74) is -0.484. The van der Waals surface area contributed by atoms with E-state index in [0.717, 1.165) is 6.07 Å². The van der Waals surface area contributed by atoms with Gasteiger partial charge in [-0.15, -0.1) is 0 Å². The summed E-state index contributed by atoms with van der Waals surface area (Å²) in [7, 11) is 1.51. The maximum atomic E-state index is 12.7. The molecule has 28 heavy (non-hydrogen) atoms. The van der Waals surface area contributed by atoms with Gasteiger partial charge in [0.2, 0.25) is 11.8 Å². The van der Waals surface area contributed by atoms with Crippen LogP contribution in [0.2, 0.25) is 0 Å². The molecule has 9 heteroatoms. The summed E-state index contributed by atoms with van der Waals surface area (Å²) in [6.07, 6.45) is -1.61. The highest BCUT2D eigenvalue weighted by atomic mass is 19.4. The van der Waals surface area contributed by atoms with Crippen LogP contribution in [-0.2, 0) is 6.18 Å². The molecular formula is C19H20F3N3O3. The number of methoxy groups -OCH3 is 1. The summed E-state index contributed by atoms with van der Waals surface area (Å²) in [5, 5.41) is 0. The predicted molar refractivity (Wildman–Crippen MR) is 94.2 cm³/mol. The number of hydrogen-bond acceptors (Lipinski definition) is 5. The predicted octanol–water partition coefficient (Wildman–Crippen LogP) is 3.44. The van der Waals surface area contributed by atoms with Crippen LogP contribution in [0.4, 0.5) is 13.2 Å². The Labute approximate surface area is 160 Å². The number of nitrogens with zero attached hydrogens (tertiary/aromatic N) is 3. The Bertz CT molecular complexity index is 804. The van der Waals surface area contributed by atoms with Gasteiger partial charge in [-0.25, -0.2) is 9.97 Å².